The Labute approximate surface area is 141 Å². The molecule has 2 N–H and O–H groups in total. The Bertz CT molecular complexity index is 690. The molecule has 2 aliphatic rings. The highest BCUT2D eigenvalue weighted by Gasteiger charge is 2.52. The van der Waals surface area contributed by atoms with Crippen LogP contribution in [-0.4, -0.2) is 70.2 Å². The van der Waals surface area contributed by atoms with E-state index in [9.17, 15) is 9.59 Å². The lowest BCUT2D eigenvalue weighted by Gasteiger charge is -2.51. The zero-order valence-electron chi connectivity index (χ0n) is 14.9. The molecule has 0 radical (unpaired) electrons. The Morgan fingerprint density at radius 1 is 1.33 bits per heavy atom. The van der Waals surface area contributed by atoms with Gasteiger partial charge in [-0.2, -0.15) is 5.10 Å². The second-order valence-corrected chi connectivity index (χ2v) is 7.08. The molecule has 1 aromatic heterocycles. The van der Waals surface area contributed by atoms with Crippen LogP contribution in [0.1, 0.15) is 41.7 Å². The van der Waals surface area contributed by atoms with Gasteiger partial charge in [0.05, 0.1) is 31.0 Å². The van der Waals surface area contributed by atoms with Gasteiger partial charge in [-0.1, -0.05) is 0 Å². The SMILES string of the molecule is C[C@@H]1Cc2c(C(=O)N3CC(C(N)=O)(N(C)C)C3)nn(C)c2[C@H](C)O1. The first-order valence-corrected chi connectivity index (χ1v) is 8.15. The van der Waals surface area contributed by atoms with Crippen molar-refractivity contribution in [2.75, 3.05) is 27.2 Å². The maximum Gasteiger partial charge on any atom is 0.274 e. The van der Waals surface area contributed by atoms with Gasteiger partial charge in [0.2, 0.25) is 5.91 Å². The molecule has 0 spiro atoms. The number of carbonyl (C=O) groups excluding carboxylic acids is 2. The molecule has 0 aromatic carbocycles. The molecular formula is C16H25N5O3. The van der Waals surface area contributed by atoms with Crippen LogP contribution in [-0.2, 0) is 23.0 Å². The number of hydrogen-bond acceptors (Lipinski definition) is 5. The summed E-state index contributed by atoms with van der Waals surface area (Å²) < 4.78 is 7.56. The lowest BCUT2D eigenvalue weighted by Crippen LogP contribution is -2.75. The molecule has 1 aromatic rings. The number of aryl methyl sites for hydroxylation is 1. The van der Waals surface area contributed by atoms with Crippen molar-refractivity contribution < 1.29 is 14.3 Å². The molecule has 0 bridgehead atoms. The predicted molar refractivity (Wildman–Crippen MR) is 87.4 cm³/mol. The summed E-state index contributed by atoms with van der Waals surface area (Å²) in [4.78, 5) is 28.1. The third-order valence-electron chi connectivity index (χ3n) is 5.22. The van der Waals surface area contributed by atoms with Crippen molar-refractivity contribution in [1.29, 1.82) is 0 Å². The second-order valence-electron chi connectivity index (χ2n) is 7.08. The largest absolute Gasteiger partial charge is 0.369 e. The molecule has 8 nitrogen and oxygen atoms in total. The van der Waals surface area contributed by atoms with Crippen molar-refractivity contribution in [2.24, 2.45) is 12.8 Å². The van der Waals surface area contributed by atoms with E-state index in [1.165, 1.54) is 0 Å². The van der Waals surface area contributed by atoms with Gasteiger partial charge < -0.3 is 15.4 Å². The highest BCUT2D eigenvalue weighted by atomic mass is 16.5. The number of likely N-dealkylation sites (tertiary alicyclic amines) is 1. The maximum absolute atomic E-state index is 12.9. The highest BCUT2D eigenvalue weighted by molar-refractivity contribution is 5.97. The average molecular weight is 335 g/mol. The van der Waals surface area contributed by atoms with Gasteiger partial charge in [-0.05, 0) is 27.9 Å². The fourth-order valence-corrected chi connectivity index (χ4v) is 3.75. The van der Waals surface area contributed by atoms with Crippen molar-refractivity contribution >= 4 is 11.8 Å². The van der Waals surface area contributed by atoms with Gasteiger partial charge >= 0.3 is 0 Å². The molecule has 2 aliphatic heterocycles. The number of rotatable bonds is 3. The lowest BCUT2D eigenvalue weighted by atomic mass is 9.87. The molecule has 2 amide bonds. The smallest absolute Gasteiger partial charge is 0.274 e. The van der Waals surface area contributed by atoms with E-state index < -0.39 is 11.4 Å². The van der Waals surface area contributed by atoms with Crippen molar-refractivity contribution in [3.63, 3.8) is 0 Å². The Hall–Kier alpha value is -1.93. The number of ether oxygens (including phenoxy) is 1. The van der Waals surface area contributed by atoms with Crippen LogP contribution in [0.25, 0.3) is 0 Å². The molecule has 0 saturated carbocycles. The normalized spacial score (nSPS) is 25.3. The fourth-order valence-electron chi connectivity index (χ4n) is 3.75. The van der Waals surface area contributed by atoms with Gasteiger partial charge in [-0.25, -0.2) is 0 Å². The van der Waals surface area contributed by atoms with Gasteiger partial charge in [-0.15, -0.1) is 0 Å². The van der Waals surface area contributed by atoms with Crippen LogP contribution in [0.4, 0.5) is 0 Å². The number of likely N-dealkylation sites (N-methyl/N-ethyl adjacent to an activating group) is 1. The average Bonchev–Trinajstić information content (AvgIpc) is 2.73. The number of nitrogens with two attached hydrogens (primary N) is 1. The predicted octanol–water partition coefficient (Wildman–Crippen LogP) is -0.316. The van der Waals surface area contributed by atoms with E-state index in [4.69, 9.17) is 10.5 Å². The van der Waals surface area contributed by atoms with E-state index >= 15 is 0 Å². The number of amides is 2. The van der Waals surface area contributed by atoms with E-state index in [0.717, 1.165) is 11.3 Å². The molecule has 3 rings (SSSR count). The lowest BCUT2D eigenvalue weighted by molar-refractivity contribution is -0.137. The molecule has 3 heterocycles. The monoisotopic (exact) mass is 335 g/mol. The molecule has 8 heteroatoms. The minimum Gasteiger partial charge on any atom is -0.369 e. The van der Waals surface area contributed by atoms with Crippen LogP contribution >= 0.6 is 0 Å². The van der Waals surface area contributed by atoms with Gasteiger partial charge in [0.1, 0.15) is 5.54 Å². The fraction of sp³-hybridized carbons (Fsp3) is 0.688. The summed E-state index contributed by atoms with van der Waals surface area (Å²) in [6, 6.07) is 0. The molecular weight excluding hydrogens is 310 g/mol. The molecule has 2 atom stereocenters. The number of primary amides is 1. The van der Waals surface area contributed by atoms with Crippen LogP contribution in [0.5, 0.6) is 0 Å². The van der Waals surface area contributed by atoms with Crippen LogP contribution in [0.15, 0.2) is 0 Å². The second kappa shape index (κ2) is 5.56. The number of nitrogens with zero attached hydrogens (tertiary/aromatic N) is 4. The number of aromatic nitrogens is 2. The van der Waals surface area contributed by atoms with Crippen molar-refractivity contribution in [2.45, 2.75) is 38.0 Å². The van der Waals surface area contributed by atoms with Crippen LogP contribution in [0.3, 0.4) is 0 Å². The van der Waals surface area contributed by atoms with Gasteiger partial charge in [-0.3, -0.25) is 19.2 Å². The van der Waals surface area contributed by atoms with E-state index in [-0.39, 0.29) is 18.1 Å². The minimum absolute atomic E-state index is 0.0473. The molecule has 132 valence electrons. The summed E-state index contributed by atoms with van der Waals surface area (Å²) >= 11 is 0. The van der Waals surface area contributed by atoms with Crippen LogP contribution in [0, 0.1) is 0 Å². The number of hydrogen-bond donors (Lipinski definition) is 1. The Morgan fingerprint density at radius 2 is 1.96 bits per heavy atom. The molecule has 1 saturated heterocycles. The summed E-state index contributed by atoms with van der Waals surface area (Å²) in [5.74, 6) is -0.554. The third kappa shape index (κ3) is 2.32. The first-order chi connectivity index (χ1) is 11.2. The summed E-state index contributed by atoms with van der Waals surface area (Å²) in [5.41, 5.74) is 7.12. The number of fused-ring (bicyclic) bond motifs is 1. The van der Waals surface area contributed by atoms with Gasteiger partial charge in [0.15, 0.2) is 5.69 Å². The van der Waals surface area contributed by atoms with Gasteiger partial charge in [0, 0.05) is 19.0 Å². The summed E-state index contributed by atoms with van der Waals surface area (Å²) in [6.07, 6.45) is 0.619. The zero-order chi connectivity index (χ0) is 17.8. The standard InChI is InChI=1S/C16H25N5O3/c1-9-6-11-12(18-20(5)13(11)10(2)24-9)14(22)21-7-16(8-21,15(17)23)19(3)4/h9-10H,6-8H2,1-5H3,(H2,17,23)/t9-,10+/m1/s1. The first kappa shape index (κ1) is 16.9. The third-order valence-corrected chi connectivity index (χ3v) is 5.22. The quantitative estimate of drug-likeness (QED) is 0.817. The van der Waals surface area contributed by atoms with Crippen molar-refractivity contribution in [3.05, 3.63) is 17.0 Å². The summed E-state index contributed by atoms with van der Waals surface area (Å²) in [7, 11) is 5.43. The van der Waals surface area contributed by atoms with E-state index in [1.54, 1.807) is 28.6 Å². The first-order valence-electron chi connectivity index (χ1n) is 8.15. The summed E-state index contributed by atoms with van der Waals surface area (Å²) in [6.45, 7) is 4.55. The molecule has 24 heavy (non-hydrogen) atoms. The number of carbonyl (C=O) groups is 2. The van der Waals surface area contributed by atoms with Crippen LogP contribution in [0.2, 0.25) is 0 Å². The maximum atomic E-state index is 12.9. The Kier molecular flexibility index (Phi) is 3.92. The molecule has 0 aliphatic carbocycles. The molecule has 1 fully saturated rings. The Balaban J connectivity index is 1.86. The van der Waals surface area contributed by atoms with Crippen molar-refractivity contribution in [3.8, 4) is 0 Å². The topological polar surface area (TPSA) is 93.7 Å². The zero-order valence-corrected chi connectivity index (χ0v) is 14.9. The van der Waals surface area contributed by atoms with E-state index in [1.807, 2.05) is 20.9 Å². The summed E-state index contributed by atoms with van der Waals surface area (Å²) in [5, 5.41) is 4.43. The van der Waals surface area contributed by atoms with Crippen LogP contribution < -0.4 is 5.73 Å². The minimum atomic E-state index is -0.784. The van der Waals surface area contributed by atoms with E-state index in [0.29, 0.717) is 25.2 Å². The van der Waals surface area contributed by atoms with Gasteiger partial charge in [0.25, 0.3) is 5.91 Å². The van der Waals surface area contributed by atoms with E-state index in [2.05, 4.69) is 5.10 Å². The Morgan fingerprint density at radius 3 is 2.50 bits per heavy atom. The molecule has 0 unspecified atom stereocenters. The highest BCUT2D eigenvalue weighted by Crippen LogP contribution is 2.34. The van der Waals surface area contributed by atoms with Crippen molar-refractivity contribution in [1.82, 2.24) is 19.6 Å².